The van der Waals surface area contributed by atoms with E-state index in [9.17, 15) is 0 Å². The van der Waals surface area contributed by atoms with Gasteiger partial charge in [-0.2, -0.15) is 0 Å². The molecule has 0 aromatic carbocycles. The van der Waals surface area contributed by atoms with Crippen LogP contribution >= 0.6 is 0 Å². The highest BCUT2D eigenvalue weighted by Crippen LogP contribution is 2.18. The standard InChI is InChI=1S/C11H23NO/c1-8(2)12-6-9(3)11(5)13-10(4)7-12/h8-11H,6-7H2,1-5H3. The minimum Gasteiger partial charge on any atom is -0.374 e. The van der Waals surface area contributed by atoms with E-state index >= 15 is 0 Å². The minimum absolute atomic E-state index is 0.377. The largest absolute Gasteiger partial charge is 0.374 e. The molecule has 0 aromatic rings. The second-order valence-electron chi connectivity index (χ2n) is 4.68. The molecule has 1 aliphatic heterocycles. The molecule has 13 heavy (non-hydrogen) atoms. The summed E-state index contributed by atoms with van der Waals surface area (Å²) >= 11 is 0. The van der Waals surface area contributed by atoms with Crippen LogP contribution in [0.4, 0.5) is 0 Å². The van der Waals surface area contributed by atoms with Crippen LogP contribution in [0.1, 0.15) is 34.6 Å². The van der Waals surface area contributed by atoms with Crippen LogP contribution in [0.15, 0.2) is 0 Å². The van der Waals surface area contributed by atoms with E-state index in [4.69, 9.17) is 4.74 Å². The molecule has 3 atom stereocenters. The first-order valence-electron chi connectivity index (χ1n) is 5.40. The smallest absolute Gasteiger partial charge is 0.0677 e. The van der Waals surface area contributed by atoms with Gasteiger partial charge < -0.3 is 4.74 Å². The topological polar surface area (TPSA) is 12.5 Å². The Bertz CT molecular complexity index is 158. The summed E-state index contributed by atoms with van der Waals surface area (Å²) in [5.41, 5.74) is 0. The Balaban J connectivity index is 2.59. The molecule has 0 bridgehead atoms. The molecule has 0 spiro atoms. The molecule has 1 fully saturated rings. The Kier molecular flexibility index (Phi) is 3.74. The highest BCUT2D eigenvalue weighted by Gasteiger charge is 2.25. The van der Waals surface area contributed by atoms with Crippen LogP contribution in [0.2, 0.25) is 0 Å². The molecule has 0 radical (unpaired) electrons. The normalized spacial score (nSPS) is 37.8. The molecule has 1 saturated heterocycles. The van der Waals surface area contributed by atoms with Crippen molar-refractivity contribution in [3.63, 3.8) is 0 Å². The molecule has 0 saturated carbocycles. The van der Waals surface area contributed by atoms with Gasteiger partial charge in [-0.15, -0.1) is 0 Å². The highest BCUT2D eigenvalue weighted by atomic mass is 16.5. The Labute approximate surface area is 82.3 Å². The van der Waals surface area contributed by atoms with Gasteiger partial charge in [-0.25, -0.2) is 0 Å². The van der Waals surface area contributed by atoms with Gasteiger partial charge in [-0.3, -0.25) is 4.90 Å². The summed E-state index contributed by atoms with van der Waals surface area (Å²) in [4.78, 5) is 2.51. The van der Waals surface area contributed by atoms with Gasteiger partial charge in [-0.05, 0) is 33.6 Å². The lowest BCUT2D eigenvalue weighted by molar-refractivity contribution is -0.00347. The van der Waals surface area contributed by atoms with E-state index in [1.165, 1.54) is 6.54 Å². The summed E-state index contributed by atoms with van der Waals surface area (Å²) in [7, 11) is 0. The van der Waals surface area contributed by atoms with E-state index in [1.807, 2.05) is 0 Å². The van der Waals surface area contributed by atoms with Gasteiger partial charge in [0.25, 0.3) is 0 Å². The molecule has 1 heterocycles. The minimum atomic E-state index is 0.377. The fraction of sp³-hybridized carbons (Fsp3) is 1.00. The van der Waals surface area contributed by atoms with Crippen LogP contribution in [0, 0.1) is 5.92 Å². The van der Waals surface area contributed by atoms with Crippen molar-refractivity contribution in [2.75, 3.05) is 13.1 Å². The molecule has 1 aliphatic rings. The molecule has 0 amide bonds. The molecule has 78 valence electrons. The molecule has 0 aromatic heterocycles. The monoisotopic (exact) mass is 185 g/mol. The molecule has 0 N–H and O–H groups in total. The SMILES string of the molecule is CC1CN(C(C)C)CC(C)C(C)O1. The summed E-state index contributed by atoms with van der Waals surface area (Å²) in [5, 5.41) is 0. The quantitative estimate of drug-likeness (QED) is 0.620. The average Bonchev–Trinajstić information content (AvgIpc) is 2.12. The number of nitrogens with zero attached hydrogens (tertiary/aromatic N) is 1. The lowest BCUT2D eigenvalue weighted by atomic mass is 10.1. The van der Waals surface area contributed by atoms with Crippen molar-refractivity contribution in [3.05, 3.63) is 0 Å². The van der Waals surface area contributed by atoms with Gasteiger partial charge in [0.15, 0.2) is 0 Å². The summed E-state index contributed by atoms with van der Waals surface area (Å²) in [6.45, 7) is 13.4. The lowest BCUT2D eigenvalue weighted by Crippen LogP contribution is -2.37. The fourth-order valence-corrected chi connectivity index (χ4v) is 1.89. The number of hydrogen-bond donors (Lipinski definition) is 0. The van der Waals surface area contributed by atoms with Crippen LogP contribution in [-0.4, -0.2) is 36.2 Å². The van der Waals surface area contributed by atoms with E-state index in [1.54, 1.807) is 0 Å². The summed E-state index contributed by atoms with van der Waals surface area (Å²) in [5.74, 6) is 0.646. The van der Waals surface area contributed by atoms with E-state index in [2.05, 4.69) is 39.5 Å². The van der Waals surface area contributed by atoms with Gasteiger partial charge >= 0.3 is 0 Å². The first-order valence-corrected chi connectivity index (χ1v) is 5.40. The zero-order valence-corrected chi connectivity index (χ0v) is 9.58. The van der Waals surface area contributed by atoms with Crippen LogP contribution in [0.25, 0.3) is 0 Å². The second kappa shape index (κ2) is 4.43. The Morgan fingerprint density at radius 2 is 1.77 bits per heavy atom. The van der Waals surface area contributed by atoms with E-state index in [0.29, 0.717) is 24.2 Å². The van der Waals surface area contributed by atoms with Crippen molar-refractivity contribution >= 4 is 0 Å². The number of rotatable bonds is 1. The van der Waals surface area contributed by atoms with Gasteiger partial charge in [0.2, 0.25) is 0 Å². The van der Waals surface area contributed by atoms with Gasteiger partial charge in [0.1, 0.15) is 0 Å². The van der Waals surface area contributed by atoms with Gasteiger partial charge in [0.05, 0.1) is 12.2 Å². The maximum absolute atomic E-state index is 5.86. The molecule has 1 rings (SSSR count). The van der Waals surface area contributed by atoms with E-state index < -0.39 is 0 Å². The number of ether oxygens (including phenoxy) is 1. The van der Waals surface area contributed by atoms with Crippen molar-refractivity contribution in [1.29, 1.82) is 0 Å². The summed E-state index contributed by atoms with van der Waals surface area (Å²) in [6.07, 6.45) is 0.779. The average molecular weight is 185 g/mol. The third-order valence-corrected chi connectivity index (χ3v) is 2.99. The third kappa shape index (κ3) is 2.96. The zero-order chi connectivity index (χ0) is 10.0. The Morgan fingerprint density at radius 1 is 1.15 bits per heavy atom. The third-order valence-electron chi connectivity index (χ3n) is 2.99. The van der Waals surface area contributed by atoms with Crippen molar-refractivity contribution in [3.8, 4) is 0 Å². The van der Waals surface area contributed by atoms with E-state index in [0.717, 1.165) is 6.54 Å². The van der Waals surface area contributed by atoms with Crippen LogP contribution in [0.3, 0.4) is 0 Å². The first-order chi connectivity index (χ1) is 6.00. The van der Waals surface area contributed by atoms with Crippen LogP contribution in [0.5, 0.6) is 0 Å². The Hall–Kier alpha value is -0.0800. The van der Waals surface area contributed by atoms with Crippen molar-refractivity contribution in [2.45, 2.75) is 52.9 Å². The molecule has 0 aliphatic carbocycles. The summed E-state index contributed by atoms with van der Waals surface area (Å²) < 4.78 is 5.86. The molecular weight excluding hydrogens is 162 g/mol. The predicted octanol–water partition coefficient (Wildman–Crippen LogP) is 2.14. The molecule has 2 nitrogen and oxygen atoms in total. The van der Waals surface area contributed by atoms with Crippen LogP contribution < -0.4 is 0 Å². The number of hydrogen-bond acceptors (Lipinski definition) is 2. The second-order valence-corrected chi connectivity index (χ2v) is 4.68. The maximum Gasteiger partial charge on any atom is 0.0677 e. The van der Waals surface area contributed by atoms with Crippen molar-refractivity contribution in [1.82, 2.24) is 4.90 Å². The van der Waals surface area contributed by atoms with Crippen molar-refractivity contribution in [2.24, 2.45) is 5.92 Å². The molecule has 3 unspecified atom stereocenters. The highest BCUT2D eigenvalue weighted by molar-refractivity contribution is 4.77. The van der Waals surface area contributed by atoms with Crippen LogP contribution in [-0.2, 0) is 4.74 Å². The van der Waals surface area contributed by atoms with Gasteiger partial charge in [0, 0.05) is 19.1 Å². The maximum atomic E-state index is 5.86. The first kappa shape index (κ1) is 11.0. The predicted molar refractivity (Wildman–Crippen MR) is 55.9 cm³/mol. The fourth-order valence-electron chi connectivity index (χ4n) is 1.89. The summed E-state index contributed by atoms with van der Waals surface area (Å²) in [6, 6.07) is 0.638. The Morgan fingerprint density at radius 3 is 2.31 bits per heavy atom. The molecule has 2 heteroatoms. The molecular formula is C11H23NO. The van der Waals surface area contributed by atoms with Crippen molar-refractivity contribution < 1.29 is 4.74 Å². The lowest BCUT2D eigenvalue weighted by Gasteiger charge is -2.27. The zero-order valence-electron chi connectivity index (χ0n) is 9.58. The van der Waals surface area contributed by atoms with E-state index in [-0.39, 0.29) is 0 Å². The van der Waals surface area contributed by atoms with Gasteiger partial charge in [-0.1, -0.05) is 6.92 Å².